The second-order valence-corrected chi connectivity index (χ2v) is 5.29. The fraction of sp³-hybridized carbons (Fsp3) is 1.00. The second kappa shape index (κ2) is 6.05. The summed E-state index contributed by atoms with van der Waals surface area (Å²) in [5.41, 5.74) is -0.483. The molecule has 0 unspecified atom stereocenters. The molecule has 2 N–H and O–H groups in total. The molecular weight excluding hydrogens is 350 g/mol. The van der Waals surface area contributed by atoms with Crippen LogP contribution in [-0.4, -0.2) is 32.9 Å². The molecule has 4 nitrogen and oxygen atoms in total. The highest BCUT2D eigenvalue weighted by molar-refractivity contribution is 9.09. The molecule has 0 bridgehead atoms. The Hall–Kier alpha value is 1.36. The first-order chi connectivity index (χ1) is 5.89. The van der Waals surface area contributed by atoms with Crippen molar-refractivity contribution in [2.24, 2.45) is 5.41 Å². The highest BCUT2D eigenvalue weighted by Crippen LogP contribution is 2.39. The zero-order valence-corrected chi connectivity index (χ0v) is 11.4. The lowest BCUT2D eigenvalue weighted by atomic mass is 9.98. The van der Waals surface area contributed by atoms with Crippen LogP contribution in [0, 0.1) is 5.41 Å². The van der Waals surface area contributed by atoms with Gasteiger partial charge in [0.1, 0.15) is 0 Å². The highest BCUT2D eigenvalue weighted by Gasteiger charge is 2.30. The van der Waals surface area contributed by atoms with Crippen LogP contribution < -0.4 is 0 Å². The summed E-state index contributed by atoms with van der Waals surface area (Å²) in [7, 11) is -4.40. The van der Waals surface area contributed by atoms with Crippen molar-refractivity contribution in [1.82, 2.24) is 0 Å². The van der Waals surface area contributed by atoms with E-state index in [-0.39, 0.29) is 12.5 Å². The maximum Gasteiger partial charge on any atom is 0.469 e. The Balaban J connectivity index is 4.19. The number of phosphoric acid groups is 1. The molecule has 0 rings (SSSR count). The van der Waals surface area contributed by atoms with E-state index in [1.807, 2.05) is 0 Å². The van der Waals surface area contributed by atoms with Crippen molar-refractivity contribution < 1.29 is 18.9 Å². The summed E-state index contributed by atoms with van der Waals surface area (Å²) in [6.07, 6.45) is 0. The van der Waals surface area contributed by atoms with Gasteiger partial charge in [0, 0.05) is 22.0 Å². The van der Waals surface area contributed by atoms with Crippen LogP contribution in [0.25, 0.3) is 0 Å². The summed E-state index contributed by atoms with van der Waals surface area (Å²) in [5.74, 6) is 0.253. The quantitative estimate of drug-likeness (QED) is 0.562. The van der Waals surface area contributed by atoms with E-state index in [0.717, 1.165) is 0 Å². The Morgan fingerprint density at radius 3 is 2.08 bits per heavy atom. The minimum Gasteiger partial charge on any atom is -0.303 e. The zero-order chi connectivity index (χ0) is 10.5. The fourth-order valence-corrected chi connectivity index (χ4v) is 3.26. The predicted octanol–water partition coefficient (Wildman–Crippen LogP) is 2.11. The van der Waals surface area contributed by atoms with Gasteiger partial charge >= 0.3 is 7.82 Å². The number of halogens is 3. The molecule has 0 aromatic carbocycles. The third-order valence-electron chi connectivity index (χ3n) is 1.39. The van der Waals surface area contributed by atoms with Crippen LogP contribution in [0.3, 0.4) is 0 Å². The van der Waals surface area contributed by atoms with Gasteiger partial charge < -0.3 is 9.79 Å². The standard InChI is InChI=1S/C5H10Br2ClO4P/c6-1-5(2-7,3-8)4-12-13(9,10)11/h1-4H2,(H2,9,10,11). The fourth-order valence-electron chi connectivity index (χ4n) is 0.444. The molecule has 0 aromatic rings. The van der Waals surface area contributed by atoms with Gasteiger partial charge in [-0.3, -0.25) is 4.52 Å². The molecule has 8 heteroatoms. The summed E-state index contributed by atoms with van der Waals surface area (Å²) < 4.78 is 14.8. The molecule has 0 radical (unpaired) electrons. The van der Waals surface area contributed by atoms with Crippen LogP contribution in [0.1, 0.15) is 0 Å². The Bertz CT molecular complexity index is 185. The van der Waals surface area contributed by atoms with Crippen molar-refractivity contribution in [1.29, 1.82) is 0 Å². The molecule has 80 valence electrons. The summed E-state index contributed by atoms with van der Waals surface area (Å²) in [4.78, 5) is 17.0. The monoisotopic (exact) mass is 358 g/mol. The number of rotatable bonds is 6. The smallest absolute Gasteiger partial charge is 0.303 e. The molecule has 0 fully saturated rings. The van der Waals surface area contributed by atoms with Crippen LogP contribution in [0.4, 0.5) is 0 Å². The number of alkyl halides is 3. The minimum atomic E-state index is -4.40. The van der Waals surface area contributed by atoms with E-state index in [9.17, 15) is 4.57 Å². The number of phosphoric ester groups is 1. The lowest BCUT2D eigenvalue weighted by Crippen LogP contribution is -2.32. The molecular formula is C5H10Br2ClO4P. The molecule has 13 heavy (non-hydrogen) atoms. The van der Waals surface area contributed by atoms with Gasteiger partial charge in [-0.15, -0.1) is 11.6 Å². The predicted molar refractivity (Wildman–Crippen MR) is 58.7 cm³/mol. The lowest BCUT2D eigenvalue weighted by molar-refractivity contribution is 0.146. The molecule has 0 aliphatic heterocycles. The van der Waals surface area contributed by atoms with Crippen LogP contribution >= 0.6 is 51.3 Å². The van der Waals surface area contributed by atoms with Gasteiger partial charge in [-0.1, -0.05) is 31.9 Å². The van der Waals surface area contributed by atoms with Crippen LogP contribution in [0.5, 0.6) is 0 Å². The van der Waals surface area contributed by atoms with E-state index < -0.39 is 13.2 Å². The Kier molecular flexibility index (Phi) is 6.69. The van der Waals surface area contributed by atoms with Crippen molar-refractivity contribution in [2.45, 2.75) is 0 Å². The maximum atomic E-state index is 10.4. The molecule has 0 aliphatic rings. The Morgan fingerprint density at radius 2 is 1.85 bits per heavy atom. The minimum absolute atomic E-state index is 0.0860. The first-order valence-electron chi connectivity index (χ1n) is 3.27. The third kappa shape index (κ3) is 5.72. The Labute approximate surface area is 98.5 Å². The molecule has 0 amide bonds. The van der Waals surface area contributed by atoms with E-state index in [0.29, 0.717) is 10.7 Å². The van der Waals surface area contributed by atoms with Crippen LogP contribution in [0.15, 0.2) is 0 Å². The van der Waals surface area contributed by atoms with Gasteiger partial charge in [0.15, 0.2) is 0 Å². The Morgan fingerprint density at radius 1 is 1.38 bits per heavy atom. The van der Waals surface area contributed by atoms with Crippen LogP contribution in [-0.2, 0) is 9.09 Å². The van der Waals surface area contributed by atoms with E-state index in [4.69, 9.17) is 21.4 Å². The normalized spacial score (nSPS) is 13.3. The van der Waals surface area contributed by atoms with Gasteiger partial charge in [-0.05, 0) is 0 Å². The van der Waals surface area contributed by atoms with Gasteiger partial charge in [0.05, 0.1) is 6.61 Å². The highest BCUT2D eigenvalue weighted by atomic mass is 79.9. The third-order valence-corrected chi connectivity index (χ3v) is 4.80. The van der Waals surface area contributed by atoms with Gasteiger partial charge in [-0.2, -0.15) is 0 Å². The first-order valence-corrected chi connectivity index (χ1v) is 7.58. The molecule has 0 spiro atoms. The van der Waals surface area contributed by atoms with Crippen molar-refractivity contribution in [3.05, 3.63) is 0 Å². The van der Waals surface area contributed by atoms with Gasteiger partial charge in [-0.25, -0.2) is 4.57 Å². The lowest BCUT2D eigenvalue weighted by Gasteiger charge is -2.26. The van der Waals surface area contributed by atoms with Gasteiger partial charge in [0.2, 0.25) is 0 Å². The number of hydrogen-bond donors (Lipinski definition) is 2. The van der Waals surface area contributed by atoms with E-state index in [1.165, 1.54) is 0 Å². The van der Waals surface area contributed by atoms with Crippen molar-refractivity contribution >= 4 is 51.3 Å². The average Bonchev–Trinajstić information content (AvgIpc) is 2.06. The molecule has 0 saturated carbocycles. The molecule has 0 atom stereocenters. The van der Waals surface area contributed by atoms with Crippen molar-refractivity contribution in [3.8, 4) is 0 Å². The molecule has 0 aliphatic carbocycles. The maximum absolute atomic E-state index is 10.4. The average molecular weight is 360 g/mol. The first kappa shape index (κ1) is 14.4. The largest absolute Gasteiger partial charge is 0.469 e. The topological polar surface area (TPSA) is 66.8 Å². The van der Waals surface area contributed by atoms with Crippen molar-refractivity contribution in [2.75, 3.05) is 23.1 Å². The zero-order valence-electron chi connectivity index (χ0n) is 6.62. The summed E-state index contributed by atoms with van der Waals surface area (Å²) >= 11 is 12.1. The number of hydrogen-bond acceptors (Lipinski definition) is 2. The van der Waals surface area contributed by atoms with Crippen LogP contribution in [0.2, 0.25) is 0 Å². The summed E-state index contributed by atoms with van der Waals surface area (Å²) in [5, 5.41) is 1.02. The van der Waals surface area contributed by atoms with E-state index >= 15 is 0 Å². The molecule has 0 heterocycles. The van der Waals surface area contributed by atoms with Crippen molar-refractivity contribution in [3.63, 3.8) is 0 Å². The molecule has 0 aromatic heterocycles. The second-order valence-electron chi connectivity index (χ2n) is 2.66. The van der Waals surface area contributed by atoms with E-state index in [2.05, 4.69) is 36.4 Å². The summed E-state index contributed by atoms with van der Waals surface area (Å²) in [6.45, 7) is -0.0860. The summed E-state index contributed by atoms with van der Waals surface area (Å²) in [6, 6.07) is 0. The van der Waals surface area contributed by atoms with E-state index in [1.54, 1.807) is 0 Å². The molecule has 0 saturated heterocycles. The SMILES string of the molecule is O=P(O)(O)OCC(CCl)(CBr)CBr. The van der Waals surface area contributed by atoms with Gasteiger partial charge in [0.25, 0.3) is 0 Å².